The molecule has 0 amide bonds. The number of ether oxygens (including phenoxy) is 1. The van der Waals surface area contributed by atoms with E-state index in [0.29, 0.717) is 11.5 Å². The Balaban J connectivity index is 0.000000771. The highest BCUT2D eigenvalue weighted by Crippen LogP contribution is 2.35. The summed E-state index contributed by atoms with van der Waals surface area (Å²) in [5.74, 6) is 0.0551. The van der Waals surface area contributed by atoms with Crippen LogP contribution in [0, 0.1) is 18.7 Å². The minimum atomic E-state index is -0.475. The first kappa shape index (κ1) is 14.8. The number of aryl methyl sites for hydroxylation is 1. The number of aromatic hydroxyl groups is 1. The van der Waals surface area contributed by atoms with Crippen LogP contribution in [0.3, 0.4) is 0 Å². The number of phenols is 1. The third-order valence-corrected chi connectivity index (χ3v) is 3.10. The molecule has 0 aliphatic heterocycles. The van der Waals surface area contributed by atoms with E-state index in [9.17, 15) is 9.50 Å². The fourth-order valence-corrected chi connectivity index (χ4v) is 2.26. The number of halogens is 1. The second kappa shape index (κ2) is 6.62. The molecule has 0 radical (unpaired) electrons. The molecule has 0 bridgehead atoms. The van der Waals surface area contributed by atoms with Gasteiger partial charge in [0.1, 0.15) is 0 Å². The Morgan fingerprint density at radius 2 is 1.94 bits per heavy atom. The zero-order valence-corrected chi connectivity index (χ0v) is 11.7. The quantitative estimate of drug-likeness (QED) is 0.845. The molecule has 3 heteroatoms. The van der Waals surface area contributed by atoms with E-state index in [1.807, 2.05) is 13.8 Å². The molecule has 0 saturated heterocycles. The van der Waals surface area contributed by atoms with Gasteiger partial charge in [-0.1, -0.05) is 20.8 Å². The van der Waals surface area contributed by atoms with Crippen molar-refractivity contribution in [1.29, 1.82) is 0 Å². The summed E-state index contributed by atoms with van der Waals surface area (Å²) >= 11 is 0. The Labute approximate surface area is 109 Å². The Morgan fingerprint density at radius 1 is 1.28 bits per heavy atom. The monoisotopic (exact) mass is 254 g/mol. The summed E-state index contributed by atoms with van der Waals surface area (Å²) in [7, 11) is 0. The fourth-order valence-electron chi connectivity index (χ4n) is 2.26. The van der Waals surface area contributed by atoms with Crippen LogP contribution in [0.2, 0.25) is 0 Å². The van der Waals surface area contributed by atoms with Gasteiger partial charge >= 0.3 is 0 Å². The predicted molar refractivity (Wildman–Crippen MR) is 71.6 cm³/mol. The standard InChI is InChI=1S/C13H17FO2.C2H6/c1-8-3-4-10(5-8)16-13-11(14)6-9(2)7-12(13)15;1-2/h6-8,10,15H,3-5H2,1-2H3;1-2H3/t8?,10-;/m1./s1. The van der Waals surface area contributed by atoms with E-state index >= 15 is 0 Å². The summed E-state index contributed by atoms with van der Waals surface area (Å²) in [6.07, 6.45) is 3.03. The van der Waals surface area contributed by atoms with Crippen LogP contribution in [-0.2, 0) is 0 Å². The predicted octanol–water partition coefficient (Wildman–Crippen LogP) is 4.43. The highest BCUT2D eigenvalue weighted by Gasteiger charge is 2.25. The first-order valence-electron chi connectivity index (χ1n) is 6.72. The molecule has 1 N–H and O–H groups in total. The van der Waals surface area contributed by atoms with Crippen molar-refractivity contribution in [3.05, 3.63) is 23.5 Å². The molecule has 1 aromatic carbocycles. The first-order chi connectivity index (χ1) is 8.56. The fraction of sp³-hybridized carbons (Fsp3) is 0.600. The van der Waals surface area contributed by atoms with Crippen molar-refractivity contribution in [2.24, 2.45) is 5.92 Å². The van der Waals surface area contributed by atoms with Crippen molar-refractivity contribution >= 4 is 0 Å². The smallest absolute Gasteiger partial charge is 0.197 e. The number of hydrogen-bond donors (Lipinski definition) is 1. The van der Waals surface area contributed by atoms with E-state index in [2.05, 4.69) is 6.92 Å². The molecule has 1 unspecified atom stereocenters. The summed E-state index contributed by atoms with van der Waals surface area (Å²) in [5.41, 5.74) is 0.696. The van der Waals surface area contributed by atoms with Crippen LogP contribution in [0.1, 0.15) is 45.6 Å². The first-order valence-corrected chi connectivity index (χ1v) is 6.72. The lowest BCUT2D eigenvalue weighted by atomic mass is 10.1. The van der Waals surface area contributed by atoms with E-state index in [-0.39, 0.29) is 17.6 Å². The van der Waals surface area contributed by atoms with Gasteiger partial charge in [-0.2, -0.15) is 0 Å². The molecule has 1 aliphatic rings. The number of hydrogen-bond acceptors (Lipinski definition) is 2. The van der Waals surface area contributed by atoms with Gasteiger partial charge in [0.15, 0.2) is 17.3 Å². The summed E-state index contributed by atoms with van der Waals surface area (Å²) in [5, 5.41) is 9.63. The van der Waals surface area contributed by atoms with E-state index in [1.54, 1.807) is 6.92 Å². The van der Waals surface area contributed by atoms with Gasteiger partial charge < -0.3 is 9.84 Å². The van der Waals surface area contributed by atoms with Gasteiger partial charge in [0.2, 0.25) is 0 Å². The molecule has 1 aromatic rings. The highest BCUT2D eigenvalue weighted by atomic mass is 19.1. The number of benzene rings is 1. The van der Waals surface area contributed by atoms with Gasteiger partial charge in [0.05, 0.1) is 6.10 Å². The molecule has 2 rings (SSSR count). The lowest BCUT2D eigenvalue weighted by Crippen LogP contribution is -2.13. The van der Waals surface area contributed by atoms with Crippen LogP contribution in [0.25, 0.3) is 0 Å². The van der Waals surface area contributed by atoms with Crippen LogP contribution in [0.4, 0.5) is 4.39 Å². The molecule has 1 fully saturated rings. The van der Waals surface area contributed by atoms with Crippen LogP contribution in [0.15, 0.2) is 12.1 Å². The van der Waals surface area contributed by atoms with Crippen LogP contribution in [0.5, 0.6) is 11.5 Å². The molecule has 1 saturated carbocycles. The van der Waals surface area contributed by atoms with Gasteiger partial charge in [-0.3, -0.25) is 0 Å². The van der Waals surface area contributed by atoms with Crippen LogP contribution < -0.4 is 4.74 Å². The van der Waals surface area contributed by atoms with Gasteiger partial charge in [0, 0.05) is 0 Å². The molecule has 1 aliphatic carbocycles. The molecule has 18 heavy (non-hydrogen) atoms. The average Bonchev–Trinajstić information content (AvgIpc) is 2.72. The van der Waals surface area contributed by atoms with E-state index in [1.165, 1.54) is 12.1 Å². The maximum absolute atomic E-state index is 13.6. The van der Waals surface area contributed by atoms with Crippen molar-refractivity contribution in [3.63, 3.8) is 0 Å². The number of rotatable bonds is 2. The Kier molecular flexibility index (Phi) is 5.45. The molecule has 0 heterocycles. The molecular weight excluding hydrogens is 231 g/mol. The van der Waals surface area contributed by atoms with Gasteiger partial charge in [-0.15, -0.1) is 0 Å². The van der Waals surface area contributed by atoms with Gasteiger partial charge in [-0.25, -0.2) is 4.39 Å². The third-order valence-electron chi connectivity index (χ3n) is 3.10. The Bertz CT molecular complexity index is 367. The van der Waals surface area contributed by atoms with Crippen LogP contribution in [-0.4, -0.2) is 11.2 Å². The second-order valence-electron chi connectivity index (χ2n) is 4.75. The Hall–Kier alpha value is -1.25. The van der Waals surface area contributed by atoms with Crippen molar-refractivity contribution in [1.82, 2.24) is 0 Å². The summed E-state index contributed by atoms with van der Waals surface area (Å²) in [6.45, 7) is 7.90. The number of phenolic OH excluding ortho intramolecular Hbond substituents is 1. The lowest BCUT2D eigenvalue weighted by Gasteiger charge is -2.15. The third kappa shape index (κ3) is 3.62. The zero-order chi connectivity index (χ0) is 13.7. The topological polar surface area (TPSA) is 29.5 Å². The minimum absolute atomic E-state index is 0.00435. The van der Waals surface area contributed by atoms with Gasteiger partial charge in [-0.05, 0) is 49.8 Å². The summed E-state index contributed by atoms with van der Waals surface area (Å²) in [4.78, 5) is 0. The Morgan fingerprint density at radius 3 is 2.44 bits per heavy atom. The van der Waals surface area contributed by atoms with Crippen molar-refractivity contribution in [3.8, 4) is 11.5 Å². The zero-order valence-electron chi connectivity index (χ0n) is 11.7. The largest absolute Gasteiger partial charge is 0.504 e. The van der Waals surface area contributed by atoms with Crippen molar-refractivity contribution < 1.29 is 14.2 Å². The average molecular weight is 254 g/mol. The minimum Gasteiger partial charge on any atom is -0.504 e. The summed E-state index contributed by atoms with van der Waals surface area (Å²) in [6, 6.07) is 2.91. The van der Waals surface area contributed by atoms with E-state index in [0.717, 1.165) is 19.3 Å². The van der Waals surface area contributed by atoms with E-state index in [4.69, 9.17) is 4.74 Å². The normalized spacial score (nSPS) is 22.3. The van der Waals surface area contributed by atoms with Crippen molar-refractivity contribution in [2.75, 3.05) is 0 Å². The second-order valence-corrected chi connectivity index (χ2v) is 4.75. The highest BCUT2D eigenvalue weighted by molar-refractivity contribution is 5.42. The van der Waals surface area contributed by atoms with E-state index < -0.39 is 5.82 Å². The molecule has 0 aromatic heterocycles. The van der Waals surface area contributed by atoms with Crippen molar-refractivity contribution in [2.45, 2.75) is 53.1 Å². The van der Waals surface area contributed by atoms with Gasteiger partial charge in [0.25, 0.3) is 0 Å². The molecule has 102 valence electrons. The maximum atomic E-state index is 13.6. The lowest BCUT2D eigenvalue weighted by molar-refractivity contribution is 0.188. The molecular formula is C15H23FO2. The van der Waals surface area contributed by atoms with Crippen LogP contribution >= 0.6 is 0 Å². The SMILES string of the molecule is CC.Cc1cc(O)c(O[C@@H]2CCC(C)C2)c(F)c1. The molecule has 2 nitrogen and oxygen atoms in total. The molecule has 0 spiro atoms. The maximum Gasteiger partial charge on any atom is 0.197 e. The summed E-state index contributed by atoms with van der Waals surface area (Å²) < 4.78 is 19.1. The molecule has 2 atom stereocenters.